The molecule has 13 heteroatoms. The summed E-state index contributed by atoms with van der Waals surface area (Å²) >= 11 is 0. The molecule has 1 saturated heterocycles. The molecule has 3 heterocycles. The summed E-state index contributed by atoms with van der Waals surface area (Å²) in [5, 5.41) is 2.56. The number of fused-ring (bicyclic) bond motifs is 1. The Bertz CT molecular complexity index is 1590. The number of hydrogen-bond donors (Lipinski definition) is 1. The Kier molecular flexibility index (Phi) is 9.31. The summed E-state index contributed by atoms with van der Waals surface area (Å²) in [4.78, 5) is 48.4. The largest absolute Gasteiger partial charge is 0.414 e. The van der Waals surface area contributed by atoms with Crippen molar-refractivity contribution in [3.63, 3.8) is 0 Å². The van der Waals surface area contributed by atoms with Gasteiger partial charge in [-0.2, -0.15) is 4.98 Å². The molecule has 1 fully saturated rings. The van der Waals surface area contributed by atoms with Crippen LogP contribution in [0.2, 0.25) is 36.3 Å². The van der Waals surface area contributed by atoms with Crippen LogP contribution in [0.3, 0.4) is 0 Å². The number of aromatic nitrogens is 4. The number of hydrogen-bond acceptors (Lipinski definition) is 8. The van der Waals surface area contributed by atoms with Gasteiger partial charge in [0.2, 0.25) is 11.9 Å². The van der Waals surface area contributed by atoms with Crippen molar-refractivity contribution in [3.8, 4) is 0 Å². The SMILES string of the molecule is CC(=O)Nc1nc2c(ncn2[C@@H]2O[C@@H](CO[Si](C)(C)C(C)(C)C)C[C@H]2O[Si](C)(C)C(C)(C)C)c(=O)n1C(=O)c1ccccc1. The number of anilines is 1. The van der Waals surface area contributed by atoms with Gasteiger partial charge in [0, 0.05) is 18.9 Å². The fourth-order valence-corrected chi connectivity index (χ4v) is 6.90. The van der Waals surface area contributed by atoms with Crippen LogP contribution in [-0.4, -0.2) is 66.4 Å². The van der Waals surface area contributed by atoms with Gasteiger partial charge in [-0.05, 0) is 48.4 Å². The molecule has 1 aliphatic heterocycles. The minimum atomic E-state index is -2.25. The molecule has 0 unspecified atom stereocenters. The van der Waals surface area contributed by atoms with Crippen molar-refractivity contribution >= 4 is 45.6 Å². The Morgan fingerprint density at radius 3 is 2.20 bits per heavy atom. The van der Waals surface area contributed by atoms with E-state index >= 15 is 0 Å². The summed E-state index contributed by atoms with van der Waals surface area (Å²) in [7, 11) is -4.29. The van der Waals surface area contributed by atoms with E-state index < -0.39 is 40.2 Å². The zero-order valence-corrected chi connectivity index (χ0v) is 29.8. The van der Waals surface area contributed by atoms with E-state index in [1.807, 2.05) is 0 Å². The monoisotopic (exact) mass is 641 g/mol. The van der Waals surface area contributed by atoms with E-state index in [2.05, 4.69) is 83.0 Å². The summed E-state index contributed by atoms with van der Waals surface area (Å²) in [5.41, 5.74) is -0.243. The third-order valence-corrected chi connectivity index (χ3v) is 18.2. The summed E-state index contributed by atoms with van der Waals surface area (Å²) in [6.07, 6.45) is 0.822. The fraction of sp³-hybridized carbons (Fsp3) is 0.581. The van der Waals surface area contributed by atoms with Gasteiger partial charge in [0.05, 0.1) is 25.1 Å². The number of nitrogens with one attached hydrogen (secondary N) is 1. The van der Waals surface area contributed by atoms with Gasteiger partial charge in [0.25, 0.3) is 11.5 Å². The molecule has 44 heavy (non-hydrogen) atoms. The molecule has 1 aromatic carbocycles. The quantitative estimate of drug-likeness (QED) is 0.300. The summed E-state index contributed by atoms with van der Waals surface area (Å²) < 4.78 is 22.6. The molecule has 0 bridgehead atoms. The van der Waals surface area contributed by atoms with Crippen molar-refractivity contribution in [2.75, 3.05) is 11.9 Å². The number of ether oxygens (including phenoxy) is 1. The molecule has 1 amide bonds. The van der Waals surface area contributed by atoms with Gasteiger partial charge in [0.15, 0.2) is 34.0 Å². The number of rotatable bonds is 8. The topological polar surface area (TPSA) is 127 Å². The molecule has 0 spiro atoms. The maximum Gasteiger partial charge on any atom is 0.290 e. The van der Waals surface area contributed by atoms with Crippen LogP contribution in [0.4, 0.5) is 5.95 Å². The van der Waals surface area contributed by atoms with Crippen LogP contribution in [0, 0.1) is 0 Å². The van der Waals surface area contributed by atoms with Crippen LogP contribution in [0.1, 0.15) is 71.5 Å². The molecule has 1 aliphatic rings. The van der Waals surface area contributed by atoms with E-state index in [-0.39, 0.29) is 45.0 Å². The molecule has 240 valence electrons. The Balaban J connectivity index is 1.79. The van der Waals surface area contributed by atoms with Gasteiger partial charge >= 0.3 is 0 Å². The first-order chi connectivity index (χ1) is 20.2. The predicted octanol–water partition coefficient (Wildman–Crippen LogP) is 5.94. The third kappa shape index (κ3) is 6.81. The average Bonchev–Trinajstić information content (AvgIpc) is 3.49. The number of nitrogens with zero attached hydrogens (tertiary/aromatic N) is 4. The lowest BCUT2D eigenvalue weighted by atomic mass is 10.2. The predicted molar refractivity (Wildman–Crippen MR) is 176 cm³/mol. The van der Waals surface area contributed by atoms with Crippen LogP contribution in [0.5, 0.6) is 0 Å². The first kappa shape index (κ1) is 33.9. The maximum atomic E-state index is 13.8. The molecular weight excluding hydrogens is 595 g/mol. The van der Waals surface area contributed by atoms with Crippen LogP contribution in [0.25, 0.3) is 11.2 Å². The smallest absolute Gasteiger partial charge is 0.290 e. The van der Waals surface area contributed by atoms with Crippen LogP contribution in [-0.2, 0) is 18.4 Å². The van der Waals surface area contributed by atoms with Crippen molar-refractivity contribution in [2.45, 2.75) is 110 Å². The first-order valence-electron chi connectivity index (χ1n) is 15.1. The summed E-state index contributed by atoms with van der Waals surface area (Å²) in [6, 6.07) is 8.35. The number of imidazole rings is 1. The van der Waals surface area contributed by atoms with Gasteiger partial charge < -0.3 is 13.6 Å². The fourth-order valence-electron chi connectivity index (χ4n) is 4.54. The number of benzene rings is 1. The minimum Gasteiger partial charge on any atom is -0.414 e. The van der Waals surface area contributed by atoms with Crippen LogP contribution in [0.15, 0.2) is 41.5 Å². The lowest BCUT2D eigenvalue weighted by Gasteiger charge is -2.39. The molecule has 3 aromatic rings. The minimum absolute atomic E-state index is 0.0148. The van der Waals surface area contributed by atoms with E-state index in [1.54, 1.807) is 34.9 Å². The maximum absolute atomic E-state index is 13.8. The normalized spacial score (nSPS) is 19.8. The van der Waals surface area contributed by atoms with Crippen LogP contribution >= 0.6 is 0 Å². The van der Waals surface area contributed by atoms with Gasteiger partial charge in [-0.1, -0.05) is 59.7 Å². The lowest BCUT2D eigenvalue weighted by molar-refractivity contribution is -0.114. The van der Waals surface area contributed by atoms with Crippen molar-refractivity contribution in [1.82, 2.24) is 19.1 Å². The Hall–Kier alpha value is -2.98. The average molecular weight is 642 g/mol. The van der Waals surface area contributed by atoms with Crippen molar-refractivity contribution in [2.24, 2.45) is 0 Å². The number of carbonyl (C=O) groups excluding carboxylic acids is 2. The molecule has 4 rings (SSSR count). The first-order valence-corrected chi connectivity index (χ1v) is 20.9. The molecule has 0 radical (unpaired) electrons. The standard InChI is InChI=1S/C31H47N5O6Si2/c1-20(37)33-29-34-25-24(27(39)36(29)26(38)21-15-13-12-14-16-21)32-19-35(25)28-23(42-44(10,11)31(5,6)7)17-22(41-28)18-40-43(8,9)30(2,3)4/h12-16,19,22-23,28H,17-18H2,1-11H3,(H,33,34,37)/t22-,23-,28-/m1/s1. The molecule has 0 aliphatic carbocycles. The summed E-state index contributed by atoms with van der Waals surface area (Å²) in [5.74, 6) is -1.29. The summed E-state index contributed by atoms with van der Waals surface area (Å²) in [6.45, 7) is 23.7. The molecule has 0 saturated carbocycles. The Morgan fingerprint density at radius 1 is 1.02 bits per heavy atom. The zero-order chi connectivity index (χ0) is 32.8. The van der Waals surface area contributed by atoms with E-state index in [0.29, 0.717) is 13.0 Å². The second kappa shape index (κ2) is 12.1. The third-order valence-electron chi connectivity index (χ3n) is 9.22. The molecule has 3 atom stereocenters. The molecule has 2 aromatic heterocycles. The number of amides is 1. The molecule has 11 nitrogen and oxygen atoms in total. The molecule has 1 N–H and O–H groups in total. The van der Waals surface area contributed by atoms with Crippen LogP contribution < -0.4 is 10.9 Å². The Labute approximate surface area is 261 Å². The second-order valence-corrected chi connectivity index (χ2v) is 24.2. The van der Waals surface area contributed by atoms with Gasteiger partial charge in [0.1, 0.15) is 0 Å². The Morgan fingerprint density at radius 2 is 1.64 bits per heavy atom. The van der Waals surface area contributed by atoms with Gasteiger partial charge in [-0.15, -0.1) is 0 Å². The highest BCUT2D eigenvalue weighted by molar-refractivity contribution is 6.74. The van der Waals surface area contributed by atoms with Gasteiger partial charge in [-0.3, -0.25) is 24.3 Å². The van der Waals surface area contributed by atoms with Crippen molar-refractivity contribution in [1.29, 1.82) is 0 Å². The highest BCUT2D eigenvalue weighted by atomic mass is 28.4. The van der Waals surface area contributed by atoms with Crippen molar-refractivity contribution in [3.05, 3.63) is 52.6 Å². The highest BCUT2D eigenvalue weighted by Crippen LogP contribution is 2.43. The van der Waals surface area contributed by atoms with E-state index in [4.69, 9.17) is 13.6 Å². The number of carbonyl (C=O) groups is 2. The van der Waals surface area contributed by atoms with E-state index in [0.717, 1.165) is 4.57 Å². The van der Waals surface area contributed by atoms with Gasteiger partial charge in [-0.25, -0.2) is 9.55 Å². The van der Waals surface area contributed by atoms with Crippen molar-refractivity contribution < 1.29 is 23.2 Å². The molecular formula is C31H47N5O6Si2. The second-order valence-electron chi connectivity index (χ2n) is 14.6. The highest BCUT2D eigenvalue weighted by Gasteiger charge is 2.47. The zero-order valence-electron chi connectivity index (χ0n) is 27.8. The van der Waals surface area contributed by atoms with E-state index in [9.17, 15) is 14.4 Å². The van der Waals surface area contributed by atoms with E-state index in [1.165, 1.54) is 13.3 Å². The lowest BCUT2D eigenvalue weighted by Crippen LogP contribution is -2.45.